The average molecular weight is 338 g/mol. The lowest BCUT2D eigenvalue weighted by atomic mass is 10.2. The quantitative estimate of drug-likeness (QED) is 0.773. The number of rotatable bonds is 2. The van der Waals surface area contributed by atoms with Crippen molar-refractivity contribution in [2.45, 2.75) is 6.54 Å². The summed E-state index contributed by atoms with van der Waals surface area (Å²) in [5, 5.41) is 8.68. The van der Waals surface area contributed by atoms with Gasteiger partial charge in [-0.3, -0.25) is 10.2 Å². The first-order valence-electron chi connectivity index (χ1n) is 8.53. The Hall–Kier alpha value is -2.64. The number of nitrogens with zero attached hydrogens (tertiary/aromatic N) is 3. The normalized spacial score (nSPS) is 17.5. The van der Waals surface area contributed by atoms with Crippen molar-refractivity contribution in [1.82, 2.24) is 20.3 Å². The summed E-state index contributed by atoms with van der Waals surface area (Å²) < 4.78 is 0. The number of amides is 1. The van der Waals surface area contributed by atoms with Gasteiger partial charge in [0.15, 0.2) is 5.82 Å². The lowest BCUT2D eigenvalue weighted by molar-refractivity contribution is 0.0663. The summed E-state index contributed by atoms with van der Waals surface area (Å²) >= 11 is 0. The Balaban J connectivity index is 1.56. The van der Waals surface area contributed by atoms with E-state index >= 15 is 0 Å². The number of hydrogen-bond donors (Lipinski definition) is 3. The number of aromatic nitrogens is 1. The molecule has 1 fully saturated rings. The van der Waals surface area contributed by atoms with Crippen molar-refractivity contribution in [3.05, 3.63) is 47.7 Å². The Labute approximate surface area is 147 Å². The Kier molecular flexibility index (Phi) is 4.25. The molecule has 2 aliphatic heterocycles. The fraction of sp³-hybridized carbons (Fsp3) is 0.333. The molecular weight excluding hydrogens is 316 g/mol. The van der Waals surface area contributed by atoms with E-state index in [1.165, 1.54) is 0 Å². The van der Waals surface area contributed by atoms with Crippen LogP contribution in [-0.4, -0.2) is 54.0 Å². The molecule has 3 N–H and O–H groups in total. The average Bonchev–Trinajstić information content (AvgIpc) is 2.82. The molecule has 1 aromatic heterocycles. The molecule has 7 nitrogen and oxygen atoms in total. The molecule has 0 spiro atoms. The van der Waals surface area contributed by atoms with Gasteiger partial charge in [-0.15, -0.1) is 0 Å². The summed E-state index contributed by atoms with van der Waals surface area (Å²) in [4.78, 5) is 19.4. The maximum atomic E-state index is 12.8. The van der Waals surface area contributed by atoms with Gasteiger partial charge >= 0.3 is 0 Å². The van der Waals surface area contributed by atoms with E-state index < -0.39 is 0 Å². The van der Waals surface area contributed by atoms with Crippen LogP contribution in [-0.2, 0) is 6.54 Å². The highest BCUT2D eigenvalue weighted by molar-refractivity contribution is 6.02. The molecule has 2 aliphatic rings. The molecule has 1 amide bonds. The van der Waals surface area contributed by atoms with Gasteiger partial charge in [-0.05, 0) is 24.7 Å². The van der Waals surface area contributed by atoms with Crippen LogP contribution in [0.3, 0.4) is 0 Å². The SMILES string of the molecule is CN1CCN(NC(=O)c2ccnc3c2NCc2ccccc2N3)CC1. The van der Waals surface area contributed by atoms with Crippen LogP contribution < -0.4 is 16.1 Å². The van der Waals surface area contributed by atoms with Crippen LogP contribution in [0.1, 0.15) is 15.9 Å². The monoisotopic (exact) mass is 338 g/mol. The predicted octanol–water partition coefficient (Wildman–Crippen LogP) is 1.64. The molecule has 0 radical (unpaired) electrons. The van der Waals surface area contributed by atoms with Gasteiger partial charge in [0.1, 0.15) is 0 Å². The lowest BCUT2D eigenvalue weighted by Gasteiger charge is -2.32. The molecule has 0 bridgehead atoms. The van der Waals surface area contributed by atoms with E-state index in [4.69, 9.17) is 0 Å². The second kappa shape index (κ2) is 6.70. The number of likely N-dealkylation sites (N-methyl/N-ethyl adjacent to an activating group) is 1. The first-order chi connectivity index (χ1) is 12.2. The number of fused-ring (bicyclic) bond motifs is 2. The van der Waals surface area contributed by atoms with E-state index in [-0.39, 0.29) is 5.91 Å². The third-order valence-corrected chi connectivity index (χ3v) is 4.68. The molecule has 130 valence electrons. The van der Waals surface area contributed by atoms with Crippen LogP contribution in [0, 0.1) is 0 Å². The van der Waals surface area contributed by atoms with E-state index in [2.05, 4.69) is 39.1 Å². The fourth-order valence-electron chi connectivity index (χ4n) is 3.15. The van der Waals surface area contributed by atoms with Crippen LogP contribution in [0.25, 0.3) is 0 Å². The number of hydrazine groups is 1. The number of para-hydroxylation sites is 1. The summed E-state index contributed by atoms with van der Waals surface area (Å²) in [5.41, 5.74) is 6.52. The predicted molar refractivity (Wildman–Crippen MR) is 97.8 cm³/mol. The summed E-state index contributed by atoms with van der Waals surface area (Å²) in [6, 6.07) is 9.83. The Morgan fingerprint density at radius 1 is 1.16 bits per heavy atom. The highest BCUT2D eigenvalue weighted by Crippen LogP contribution is 2.32. The third kappa shape index (κ3) is 3.29. The molecule has 1 saturated heterocycles. The van der Waals surface area contributed by atoms with E-state index in [0.717, 1.165) is 43.1 Å². The molecule has 0 saturated carbocycles. The number of nitrogens with one attached hydrogen (secondary N) is 3. The number of hydrogen-bond acceptors (Lipinski definition) is 6. The number of carbonyl (C=O) groups excluding carboxylic acids is 1. The molecule has 2 aromatic rings. The van der Waals surface area contributed by atoms with Crippen molar-refractivity contribution in [2.75, 3.05) is 43.9 Å². The molecule has 1 aromatic carbocycles. The third-order valence-electron chi connectivity index (χ3n) is 4.68. The molecule has 0 unspecified atom stereocenters. The van der Waals surface area contributed by atoms with Gasteiger partial charge in [0, 0.05) is 44.6 Å². The van der Waals surface area contributed by atoms with Crippen molar-refractivity contribution in [3.8, 4) is 0 Å². The summed E-state index contributed by atoms with van der Waals surface area (Å²) in [5.74, 6) is 0.569. The number of anilines is 3. The van der Waals surface area contributed by atoms with E-state index in [9.17, 15) is 4.79 Å². The van der Waals surface area contributed by atoms with Crippen molar-refractivity contribution in [1.29, 1.82) is 0 Å². The van der Waals surface area contributed by atoms with Gasteiger partial charge in [0.2, 0.25) is 0 Å². The van der Waals surface area contributed by atoms with Crippen LogP contribution in [0.15, 0.2) is 36.5 Å². The molecule has 0 aliphatic carbocycles. The van der Waals surface area contributed by atoms with Crippen molar-refractivity contribution < 1.29 is 4.79 Å². The number of carbonyl (C=O) groups is 1. The number of piperazine rings is 1. The topological polar surface area (TPSA) is 72.5 Å². The van der Waals surface area contributed by atoms with Crippen molar-refractivity contribution in [2.24, 2.45) is 0 Å². The highest BCUT2D eigenvalue weighted by atomic mass is 16.2. The van der Waals surface area contributed by atoms with Crippen LogP contribution in [0.5, 0.6) is 0 Å². The van der Waals surface area contributed by atoms with Gasteiger partial charge in [-0.1, -0.05) is 18.2 Å². The van der Waals surface area contributed by atoms with E-state index in [0.29, 0.717) is 17.9 Å². The second-order valence-electron chi connectivity index (χ2n) is 6.45. The number of pyridine rings is 1. The largest absolute Gasteiger partial charge is 0.377 e. The maximum absolute atomic E-state index is 12.8. The highest BCUT2D eigenvalue weighted by Gasteiger charge is 2.22. The van der Waals surface area contributed by atoms with Crippen LogP contribution in [0.4, 0.5) is 17.2 Å². The molecule has 3 heterocycles. The molecule has 4 rings (SSSR count). The first-order valence-corrected chi connectivity index (χ1v) is 8.53. The Bertz CT molecular complexity index is 785. The summed E-state index contributed by atoms with van der Waals surface area (Å²) in [6.07, 6.45) is 1.67. The minimum absolute atomic E-state index is 0.108. The van der Waals surface area contributed by atoms with Gasteiger partial charge in [0.05, 0.1) is 11.3 Å². The van der Waals surface area contributed by atoms with Crippen LogP contribution in [0.2, 0.25) is 0 Å². The minimum atomic E-state index is -0.108. The zero-order chi connectivity index (χ0) is 17.2. The smallest absolute Gasteiger partial charge is 0.267 e. The molecule has 0 atom stereocenters. The Morgan fingerprint density at radius 2 is 1.96 bits per heavy atom. The van der Waals surface area contributed by atoms with E-state index in [1.54, 1.807) is 12.3 Å². The fourth-order valence-corrected chi connectivity index (χ4v) is 3.15. The first kappa shape index (κ1) is 15.9. The zero-order valence-electron chi connectivity index (χ0n) is 14.2. The minimum Gasteiger partial charge on any atom is -0.377 e. The van der Waals surface area contributed by atoms with Gasteiger partial charge in [0.25, 0.3) is 5.91 Å². The van der Waals surface area contributed by atoms with Crippen molar-refractivity contribution >= 4 is 23.1 Å². The molecule has 25 heavy (non-hydrogen) atoms. The van der Waals surface area contributed by atoms with Crippen LogP contribution >= 0.6 is 0 Å². The maximum Gasteiger partial charge on any atom is 0.267 e. The Morgan fingerprint density at radius 3 is 2.80 bits per heavy atom. The molecular formula is C18H22N6O. The zero-order valence-corrected chi connectivity index (χ0v) is 14.2. The van der Waals surface area contributed by atoms with E-state index in [1.807, 2.05) is 23.2 Å². The molecule has 7 heteroatoms. The standard InChI is InChI=1S/C18H22N6O/c1-23-8-10-24(11-9-23)22-18(25)14-6-7-19-17-16(14)20-12-13-4-2-3-5-15(13)21-17/h2-7,20H,8-12H2,1H3,(H,19,21)(H,22,25). The second-order valence-corrected chi connectivity index (χ2v) is 6.45. The van der Waals surface area contributed by atoms with Crippen molar-refractivity contribution in [3.63, 3.8) is 0 Å². The summed E-state index contributed by atoms with van der Waals surface area (Å²) in [6.45, 7) is 4.20. The number of benzene rings is 1. The van der Waals surface area contributed by atoms with Gasteiger partial charge in [-0.25, -0.2) is 9.99 Å². The lowest BCUT2D eigenvalue weighted by Crippen LogP contribution is -2.52. The van der Waals surface area contributed by atoms with Gasteiger partial charge in [-0.2, -0.15) is 0 Å². The summed E-state index contributed by atoms with van der Waals surface area (Å²) in [7, 11) is 2.09. The van der Waals surface area contributed by atoms with Gasteiger partial charge < -0.3 is 15.5 Å².